The molecule has 0 fully saturated rings. The van der Waals surface area contributed by atoms with Crippen molar-refractivity contribution in [2.45, 2.75) is 70.0 Å². The molecule has 10 rings (SSSR count). The molecule has 0 bridgehead atoms. The van der Waals surface area contributed by atoms with Crippen molar-refractivity contribution in [1.29, 1.82) is 0 Å². The van der Waals surface area contributed by atoms with Crippen LogP contribution < -0.4 is 4.40 Å². The van der Waals surface area contributed by atoms with E-state index in [9.17, 15) is 0 Å². The Hall–Kier alpha value is -5.85. The average molecular weight is 1090 g/mol. The summed E-state index contributed by atoms with van der Waals surface area (Å²) in [5.74, 6) is 6.98. The first-order valence-electron chi connectivity index (χ1n) is 23.9. The molecule has 0 aliphatic rings. The minimum atomic E-state index is -2.14. The second-order valence-corrected chi connectivity index (χ2v) is 29.3. The van der Waals surface area contributed by atoms with Gasteiger partial charge in [0.1, 0.15) is 5.58 Å². The number of benzene rings is 7. The summed E-state index contributed by atoms with van der Waals surface area (Å²) in [6, 6.07) is 60.1. The minimum absolute atomic E-state index is 0. The molecule has 0 atom stereocenters. The summed E-state index contributed by atoms with van der Waals surface area (Å²) in [6.07, 6.45) is 1.91. The number of nitrogens with zero attached hydrogens (tertiary/aromatic N) is 3. The monoisotopic (exact) mass is 1090 g/mol. The molecular formula is C59H55GeIrN3O-2. The van der Waals surface area contributed by atoms with E-state index in [1.54, 1.807) is 12.1 Å². The molecule has 10 aromatic rings. The van der Waals surface area contributed by atoms with E-state index in [1.807, 2.05) is 50.4 Å². The van der Waals surface area contributed by atoms with Crippen molar-refractivity contribution in [3.05, 3.63) is 193 Å². The topological polar surface area (TPSA) is 43.9 Å². The third-order valence-corrected chi connectivity index (χ3v) is 16.1. The number of imidazole rings is 1. The van der Waals surface area contributed by atoms with Gasteiger partial charge in [0, 0.05) is 36.6 Å². The van der Waals surface area contributed by atoms with Gasteiger partial charge < -0.3 is 8.98 Å². The van der Waals surface area contributed by atoms with Crippen molar-refractivity contribution in [3.8, 4) is 50.6 Å². The Morgan fingerprint density at radius 2 is 1.38 bits per heavy atom. The maximum absolute atomic E-state index is 8.49. The standard InChI is InChI=1S/C41H31N2O.C18H24GeN.Ir/c1-41(2,3)29-25-33(27-15-6-4-7-16-27)38(34(26-29)28-17-8-5-9-18-28)43-36-23-12-11-22-35(36)42-40(43)32-21-14-20-31-30-19-10-13-24-37(30)44-39(31)32;1-13(2)16-11-18(15-9-7-14(3)8-10-15)20-12-17(16)19(4,5)6;/h4-20,22-26H,1-3H3;7-9,11-13H,1-6H3;/q2*-1;/i;3D3,13D;. The van der Waals surface area contributed by atoms with E-state index in [0.29, 0.717) is 0 Å². The first kappa shape index (κ1) is 40.6. The molecule has 0 unspecified atom stereocenters. The zero-order valence-corrected chi connectivity index (χ0v) is 42.7. The van der Waals surface area contributed by atoms with Crippen molar-refractivity contribution < 1.29 is 30.0 Å². The molecule has 1 radical (unpaired) electrons. The molecule has 0 aliphatic carbocycles. The third-order valence-electron chi connectivity index (χ3n) is 11.8. The van der Waals surface area contributed by atoms with Crippen molar-refractivity contribution in [2.75, 3.05) is 0 Å². The van der Waals surface area contributed by atoms with Crippen LogP contribution in [0.1, 0.15) is 62.7 Å². The zero-order chi connectivity index (χ0) is 48.2. The minimum Gasteiger partial charge on any atom is 0 e. The number of fused-ring (bicyclic) bond motifs is 4. The van der Waals surface area contributed by atoms with E-state index in [4.69, 9.17) is 14.9 Å². The predicted octanol–water partition coefficient (Wildman–Crippen LogP) is 15.5. The van der Waals surface area contributed by atoms with Gasteiger partial charge in [-0.1, -0.05) is 123 Å². The van der Waals surface area contributed by atoms with Crippen LogP contribution in [-0.2, 0) is 25.5 Å². The maximum Gasteiger partial charge on any atom is 0 e. The second kappa shape index (κ2) is 18.6. The summed E-state index contributed by atoms with van der Waals surface area (Å²) < 4.78 is 40.9. The quantitative estimate of drug-likeness (QED) is 0.118. The van der Waals surface area contributed by atoms with Crippen LogP contribution >= 0.6 is 0 Å². The summed E-state index contributed by atoms with van der Waals surface area (Å²) in [5.41, 5.74) is 14.1. The van der Waals surface area contributed by atoms with Gasteiger partial charge in [-0.25, -0.2) is 0 Å². The Kier molecular flexibility index (Phi) is 11.6. The molecule has 0 N–H and O–H groups in total. The summed E-state index contributed by atoms with van der Waals surface area (Å²) in [5, 5.41) is 2.15. The summed E-state index contributed by atoms with van der Waals surface area (Å²) in [6.45, 7) is 8.50. The van der Waals surface area contributed by atoms with Crippen LogP contribution in [0.15, 0.2) is 168 Å². The molecule has 6 heteroatoms. The van der Waals surface area contributed by atoms with Crippen LogP contribution in [0.4, 0.5) is 0 Å². The Bertz CT molecular complexity index is 3370. The van der Waals surface area contributed by atoms with Crippen molar-refractivity contribution in [2.24, 2.45) is 0 Å². The van der Waals surface area contributed by atoms with E-state index in [2.05, 4.69) is 169 Å². The van der Waals surface area contributed by atoms with Gasteiger partial charge in [0.2, 0.25) is 0 Å². The number of hydrogen-bond acceptors (Lipinski definition) is 3. The molecule has 327 valence electrons. The fourth-order valence-electron chi connectivity index (χ4n) is 8.46. The number of hydrogen-bond donors (Lipinski definition) is 0. The molecule has 0 saturated heterocycles. The number of furan rings is 1. The SMILES string of the molecule is CC(C)(C)c1cc(-c2ccccc2)c(-n2c(-c3[c-]ccc4c3oc3ccccc34)nc3ccccc32)c(-c2ccccc2)c1.[2H]C([2H])([2H])c1c[c-]c(-c2cc(C([2H])(C)C)[c]([Ge]([CH3])([CH3])[CH3])cn2)cc1.[Ir]. The molecular weight excluding hydrogens is 1030 g/mol. The van der Waals surface area contributed by atoms with Gasteiger partial charge in [-0.05, 0) is 52.4 Å². The molecule has 0 spiro atoms. The van der Waals surface area contributed by atoms with Crippen LogP contribution in [0.25, 0.3) is 83.6 Å². The van der Waals surface area contributed by atoms with Crippen LogP contribution in [0.5, 0.6) is 0 Å². The normalized spacial score (nSPS) is 13.0. The van der Waals surface area contributed by atoms with Crippen LogP contribution in [0.2, 0.25) is 17.3 Å². The van der Waals surface area contributed by atoms with Gasteiger partial charge in [-0.3, -0.25) is 4.98 Å². The predicted molar refractivity (Wildman–Crippen MR) is 273 cm³/mol. The number of aromatic nitrogens is 3. The fourth-order valence-corrected chi connectivity index (χ4v) is 11.8. The van der Waals surface area contributed by atoms with Crippen molar-refractivity contribution in [3.63, 3.8) is 0 Å². The summed E-state index contributed by atoms with van der Waals surface area (Å²) in [4.78, 5) is 9.87. The molecule has 65 heavy (non-hydrogen) atoms. The molecule has 0 aliphatic heterocycles. The number of rotatable bonds is 7. The number of aryl methyl sites for hydroxylation is 1. The van der Waals surface area contributed by atoms with Crippen molar-refractivity contribution >= 4 is 50.6 Å². The van der Waals surface area contributed by atoms with E-state index in [0.717, 1.165) is 89.1 Å². The molecule has 3 aromatic heterocycles. The summed E-state index contributed by atoms with van der Waals surface area (Å²) in [7, 11) is 0. The van der Waals surface area contributed by atoms with Gasteiger partial charge in [0.15, 0.2) is 0 Å². The fraction of sp³-hybridized carbons (Fsp3) is 0.186. The summed E-state index contributed by atoms with van der Waals surface area (Å²) >= 11 is -2.14. The molecule has 3 heterocycles. The Morgan fingerprint density at radius 1 is 0.738 bits per heavy atom. The maximum atomic E-state index is 8.49. The number of pyridine rings is 1. The van der Waals surface area contributed by atoms with Gasteiger partial charge in [-0.15, -0.1) is 18.2 Å². The zero-order valence-electron chi connectivity index (χ0n) is 42.2. The molecule has 0 amide bonds. The smallest absolute Gasteiger partial charge is 0 e. The van der Waals surface area contributed by atoms with E-state index in [1.165, 1.54) is 16.0 Å². The largest absolute Gasteiger partial charge is 0 e. The van der Waals surface area contributed by atoms with Gasteiger partial charge in [0.25, 0.3) is 0 Å². The van der Waals surface area contributed by atoms with Gasteiger partial charge >= 0.3 is 131 Å². The van der Waals surface area contributed by atoms with Gasteiger partial charge in [-0.2, -0.15) is 0 Å². The van der Waals surface area contributed by atoms with E-state index in [-0.39, 0.29) is 31.1 Å². The average Bonchev–Trinajstić information content (AvgIpc) is 3.89. The van der Waals surface area contributed by atoms with E-state index >= 15 is 0 Å². The molecule has 7 aromatic carbocycles. The Labute approximate surface area is 406 Å². The molecule has 0 saturated carbocycles. The van der Waals surface area contributed by atoms with Gasteiger partial charge in [0.05, 0.1) is 28.1 Å². The van der Waals surface area contributed by atoms with Crippen LogP contribution in [0, 0.1) is 19.0 Å². The first-order valence-corrected chi connectivity index (χ1v) is 29.2. The number of para-hydroxylation sites is 3. The second-order valence-electron chi connectivity index (χ2n) is 18.7. The van der Waals surface area contributed by atoms with E-state index < -0.39 is 26.0 Å². The van der Waals surface area contributed by atoms with Crippen molar-refractivity contribution in [1.82, 2.24) is 14.5 Å². The first-order chi connectivity index (χ1) is 32.3. The molecule has 4 nitrogen and oxygen atoms in total. The Balaban J connectivity index is 0.000000219. The Morgan fingerprint density at radius 3 is 2.00 bits per heavy atom. The third kappa shape index (κ3) is 9.20. The van der Waals surface area contributed by atoms with Crippen LogP contribution in [-0.4, -0.2) is 27.8 Å². The van der Waals surface area contributed by atoms with Crippen LogP contribution in [0.3, 0.4) is 0 Å².